The number of aromatic nitrogens is 2. The second kappa shape index (κ2) is 8.48. The number of hydrogen-bond donors (Lipinski definition) is 1. The van der Waals surface area contributed by atoms with Crippen molar-refractivity contribution in [2.75, 3.05) is 13.2 Å². The number of alkyl carbamates (subject to hydrolysis) is 1. The number of fused-ring (bicyclic) bond motifs is 3. The maximum absolute atomic E-state index is 12.4. The van der Waals surface area contributed by atoms with Crippen LogP contribution in [0.4, 0.5) is 18.0 Å². The molecule has 0 saturated heterocycles. The number of halogens is 3. The van der Waals surface area contributed by atoms with Crippen LogP contribution in [-0.2, 0) is 10.9 Å². The van der Waals surface area contributed by atoms with Gasteiger partial charge >= 0.3 is 12.3 Å². The van der Waals surface area contributed by atoms with Crippen LogP contribution in [0, 0.1) is 11.8 Å². The Morgan fingerprint density at radius 1 is 1.00 bits per heavy atom. The van der Waals surface area contributed by atoms with Gasteiger partial charge in [0.1, 0.15) is 6.61 Å². The van der Waals surface area contributed by atoms with E-state index in [2.05, 4.69) is 39.3 Å². The van der Waals surface area contributed by atoms with Gasteiger partial charge in [-0.3, -0.25) is 0 Å². The Bertz CT molecular complexity index is 1120. The van der Waals surface area contributed by atoms with Gasteiger partial charge in [0.05, 0.1) is 12.1 Å². The molecule has 0 unspecified atom stereocenters. The van der Waals surface area contributed by atoms with E-state index in [1.807, 2.05) is 36.4 Å². The molecule has 1 aliphatic carbocycles. The van der Waals surface area contributed by atoms with E-state index in [4.69, 9.17) is 4.74 Å². The molecule has 156 valence electrons. The Morgan fingerprint density at radius 2 is 1.58 bits per heavy atom. The first-order valence-corrected chi connectivity index (χ1v) is 9.40. The van der Waals surface area contributed by atoms with Crippen LogP contribution >= 0.6 is 0 Å². The highest BCUT2D eigenvalue weighted by molar-refractivity contribution is 5.79. The van der Waals surface area contributed by atoms with Crippen LogP contribution < -0.4 is 5.32 Å². The van der Waals surface area contributed by atoms with Gasteiger partial charge in [-0.05, 0) is 22.3 Å². The van der Waals surface area contributed by atoms with Crippen LogP contribution in [-0.4, -0.2) is 29.2 Å². The minimum atomic E-state index is -4.60. The summed E-state index contributed by atoms with van der Waals surface area (Å²) in [7, 11) is 0. The molecule has 0 bridgehead atoms. The van der Waals surface area contributed by atoms with Crippen molar-refractivity contribution < 1.29 is 22.7 Å². The third kappa shape index (κ3) is 4.51. The minimum Gasteiger partial charge on any atom is -0.449 e. The number of alkyl halides is 3. The summed E-state index contributed by atoms with van der Waals surface area (Å²) in [5.41, 5.74) is 4.70. The Hall–Kier alpha value is -3.86. The fraction of sp³-hybridized carbons (Fsp3) is 0.174. The molecule has 0 saturated carbocycles. The molecule has 0 radical (unpaired) electrons. The molecule has 0 spiro atoms. The number of carbonyl (C=O) groups is 1. The highest BCUT2D eigenvalue weighted by atomic mass is 19.4. The summed E-state index contributed by atoms with van der Waals surface area (Å²) in [4.78, 5) is 18.5. The lowest BCUT2D eigenvalue weighted by molar-refractivity contribution is -0.145. The first-order chi connectivity index (χ1) is 14.9. The van der Waals surface area contributed by atoms with Gasteiger partial charge in [0.2, 0.25) is 5.82 Å². The largest absolute Gasteiger partial charge is 0.451 e. The molecule has 1 amide bonds. The summed E-state index contributed by atoms with van der Waals surface area (Å²) in [5.74, 6) is 3.94. The van der Waals surface area contributed by atoms with E-state index in [1.54, 1.807) is 0 Å². The Labute approximate surface area is 176 Å². The van der Waals surface area contributed by atoms with Gasteiger partial charge in [-0.25, -0.2) is 14.8 Å². The van der Waals surface area contributed by atoms with Crippen LogP contribution in [0.25, 0.3) is 11.1 Å². The van der Waals surface area contributed by atoms with E-state index in [0.717, 1.165) is 34.6 Å². The normalized spacial score (nSPS) is 12.4. The lowest BCUT2D eigenvalue weighted by Gasteiger charge is -2.14. The smallest absolute Gasteiger partial charge is 0.449 e. The minimum absolute atomic E-state index is 0.0301. The maximum atomic E-state index is 12.4. The third-order valence-corrected chi connectivity index (χ3v) is 4.80. The van der Waals surface area contributed by atoms with Gasteiger partial charge in [-0.15, -0.1) is 0 Å². The van der Waals surface area contributed by atoms with Crippen LogP contribution in [0.2, 0.25) is 0 Å². The summed E-state index contributed by atoms with van der Waals surface area (Å²) < 4.78 is 42.7. The van der Waals surface area contributed by atoms with Crippen molar-refractivity contribution >= 4 is 6.09 Å². The summed E-state index contributed by atoms with van der Waals surface area (Å²) >= 11 is 0. The number of rotatable bonds is 3. The zero-order chi connectivity index (χ0) is 21.8. The molecule has 8 heteroatoms. The summed E-state index contributed by atoms with van der Waals surface area (Å²) in [6.07, 6.45) is -3.26. The van der Waals surface area contributed by atoms with Crippen LogP contribution in [0.15, 0.2) is 60.9 Å². The summed E-state index contributed by atoms with van der Waals surface area (Å²) in [6, 6.07) is 16.0. The van der Waals surface area contributed by atoms with Gasteiger partial charge in [0, 0.05) is 18.3 Å². The van der Waals surface area contributed by atoms with Crippen molar-refractivity contribution in [2.45, 2.75) is 12.1 Å². The van der Waals surface area contributed by atoms with E-state index in [0.29, 0.717) is 0 Å². The number of amides is 1. The van der Waals surface area contributed by atoms with E-state index in [1.165, 1.54) is 0 Å². The van der Waals surface area contributed by atoms with Crippen LogP contribution in [0.5, 0.6) is 0 Å². The van der Waals surface area contributed by atoms with E-state index in [-0.39, 0.29) is 24.6 Å². The number of carbonyl (C=O) groups excluding carboxylic acids is 1. The molecule has 1 aliphatic rings. The average molecular weight is 423 g/mol. The fourth-order valence-electron chi connectivity index (χ4n) is 3.45. The molecule has 31 heavy (non-hydrogen) atoms. The number of benzene rings is 2. The molecule has 5 nitrogen and oxygen atoms in total. The van der Waals surface area contributed by atoms with Crippen molar-refractivity contribution in [2.24, 2.45) is 0 Å². The second-order valence-corrected chi connectivity index (χ2v) is 6.77. The molecular formula is C23H16F3N3O2. The van der Waals surface area contributed by atoms with Crippen molar-refractivity contribution in [3.63, 3.8) is 0 Å². The van der Waals surface area contributed by atoms with E-state index < -0.39 is 18.1 Å². The van der Waals surface area contributed by atoms with E-state index in [9.17, 15) is 18.0 Å². The number of nitrogens with one attached hydrogen (secondary N) is 1. The van der Waals surface area contributed by atoms with Gasteiger partial charge in [-0.1, -0.05) is 60.4 Å². The number of nitrogens with zero attached hydrogens (tertiary/aromatic N) is 2. The zero-order valence-electron chi connectivity index (χ0n) is 16.1. The average Bonchev–Trinajstić information content (AvgIpc) is 3.09. The lowest BCUT2D eigenvalue weighted by atomic mass is 9.98. The highest BCUT2D eigenvalue weighted by Crippen LogP contribution is 2.44. The lowest BCUT2D eigenvalue weighted by Crippen LogP contribution is -2.26. The summed E-state index contributed by atoms with van der Waals surface area (Å²) in [5, 5.41) is 2.50. The maximum Gasteiger partial charge on any atom is 0.451 e. The monoisotopic (exact) mass is 423 g/mol. The predicted octanol–water partition coefficient (Wildman–Crippen LogP) is 4.39. The molecule has 1 heterocycles. The van der Waals surface area contributed by atoms with Crippen molar-refractivity contribution in [3.05, 3.63) is 83.4 Å². The Morgan fingerprint density at radius 3 is 2.16 bits per heavy atom. The molecule has 2 aromatic carbocycles. The molecule has 0 aliphatic heterocycles. The predicted molar refractivity (Wildman–Crippen MR) is 107 cm³/mol. The van der Waals surface area contributed by atoms with Gasteiger partial charge < -0.3 is 10.1 Å². The van der Waals surface area contributed by atoms with Crippen molar-refractivity contribution in [1.82, 2.24) is 15.3 Å². The molecule has 0 atom stereocenters. The standard InChI is InChI=1S/C23H16F3N3O2/c24-23(25,26)21-28-12-15(13-29-21)6-5-11-27-22(30)31-14-20-18-9-3-1-7-16(18)17-8-2-4-10-19(17)20/h1-4,7-10,12-13,20H,11,14H2,(H,27,30). The molecule has 3 aromatic rings. The Balaban J connectivity index is 1.31. The fourth-order valence-corrected chi connectivity index (χ4v) is 3.45. The SMILES string of the molecule is O=C(NCC#Cc1cnc(C(F)(F)F)nc1)OCC1c2ccccc2-c2ccccc21. The molecule has 1 aromatic heterocycles. The Kier molecular flexibility index (Phi) is 5.58. The number of hydrogen-bond acceptors (Lipinski definition) is 4. The third-order valence-electron chi connectivity index (χ3n) is 4.80. The van der Waals surface area contributed by atoms with Gasteiger partial charge in [0.25, 0.3) is 0 Å². The van der Waals surface area contributed by atoms with Crippen LogP contribution in [0.1, 0.15) is 28.4 Å². The second-order valence-electron chi connectivity index (χ2n) is 6.77. The van der Waals surface area contributed by atoms with Gasteiger partial charge in [0.15, 0.2) is 0 Å². The van der Waals surface area contributed by atoms with E-state index >= 15 is 0 Å². The number of ether oxygens (including phenoxy) is 1. The topological polar surface area (TPSA) is 64.1 Å². The molecular weight excluding hydrogens is 407 g/mol. The van der Waals surface area contributed by atoms with Crippen molar-refractivity contribution in [3.8, 4) is 23.0 Å². The quantitative estimate of drug-likeness (QED) is 0.635. The molecule has 1 N–H and O–H groups in total. The molecule has 0 fully saturated rings. The zero-order valence-corrected chi connectivity index (χ0v) is 16.1. The van der Waals surface area contributed by atoms with Crippen LogP contribution in [0.3, 0.4) is 0 Å². The molecule has 4 rings (SSSR count). The van der Waals surface area contributed by atoms with Gasteiger partial charge in [-0.2, -0.15) is 13.2 Å². The highest BCUT2D eigenvalue weighted by Gasteiger charge is 2.34. The first kappa shape index (κ1) is 20.4. The van der Waals surface area contributed by atoms with Crippen molar-refractivity contribution in [1.29, 1.82) is 0 Å². The first-order valence-electron chi connectivity index (χ1n) is 9.40. The summed E-state index contributed by atoms with van der Waals surface area (Å²) in [6.45, 7) is 0.151.